The molecule has 11 nitrogen and oxygen atoms in total. The molecule has 0 heterocycles. The van der Waals surface area contributed by atoms with Crippen molar-refractivity contribution in [2.75, 3.05) is 6.61 Å². The minimum Gasteiger partial charge on any atom is -0.548 e. The summed E-state index contributed by atoms with van der Waals surface area (Å²) in [4.78, 5) is 32.8. The molecular formula is C11H18NNaO10. The van der Waals surface area contributed by atoms with E-state index in [9.17, 15) is 34.8 Å². The molecule has 7 N–H and O–H groups in total. The predicted octanol–water partition coefficient (Wildman–Crippen LogP) is -8.65. The first-order valence-corrected chi connectivity index (χ1v) is 6.15. The van der Waals surface area contributed by atoms with Gasteiger partial charge in [0.2, 0.25) is 0 Å². The monoisotopic (exact) mass is 347 g/mol. The van der Waals surface area contributed by atoms with Crippen molar-refractivity contribution < 1.29 is 79.3 Å². The van der Waals surface area contributed by atoms with Crippen LogP contribution < -0.4 is 40.4 Å². The number of aliphatic carboxylic acids is 1. The van der Waals surface area contributed by atoms with E-state index in [-0.39, 0.29) is 36.0 Å². The molecule has 0 bridgehead atoms. The van der Waals surface area contributed by atoms with Crippen molar-refractivity contribution in [2.24, 2.45) is 5.73 Å². The van der Waals surface area contributed by atoms with Gasteiger partial charge in [-0.1, -0.05) is 0 Å². The molecule has 0 aliphatic rings. The van der Waals surface area contributed by atoms with Crippen molar-refractivity contribution in [3.05, 3.63) is 0 Å². The number of carboxylic acids is 1. The van der Waals surface area contributed by atoms with E-state index < -0.39 is 61.4 Å². The molecular weight excluding hydrogens is 329 g/mol. The minimum absolute atomic E-state index is 0. The molecule has 23 heavy (non-hydrogen) atoms. The van der Waals surface area contributed by atoms with Crippen molar-refractivity contribution >= 4 is 17.9 Å². The number of hydrogen-bond donors (Lipinski definition) is 6. The quantitative estimate of drug-likeness (QED) is 0.131. The second-order valence-electron chi connectivity index (χ2n) is 4.43. The van der Waals surface area contributed by atoms with Crippen molar-refractivity contribution in [3.8, 4) is 0 Å². The van der Waals surface area contributed by atoms with E-state index >= 15 is 0 Å². The van der Waals surface area contributed by atoms with Gasteiger partial charge in [0.1, 0.15) is 18.3 Å². The van der Waals surface area contributed by atoms with Gasteiger partial charge >= 0.3 is 41.5 Å². The maximum Gasteiger partial charge on any atom is 1.00 e. The molecule has 128 valence electrons. The van der Waals surface area contributed by atoms with Crippen molar-refractivity contribution in [1.29, 1.82) is 0 Å². The molecule has 0 aromatic heterocycles. The summed E-state index contributed by atoms with van der Waals surface area (Å²) in [5.41, 5.74) is 5.06. The molecule has 0 radical (unpaired) electrons. The Bertz CT molecular complexity index is 406. The summed E-state index contributed by atoms with van der Waals surface area (Å²) in [6, 6.07) is -1.44. The van der Waals surface area contributed by atoms with E-state index in [0.29, 0.717) is 0 Å². The first kappa shape index (κ1) is 24.6. The third-order valence-electron chi connectivity index (χ3n) is 2.67. The summed E-state index contributed by atoms with van der Waals surface area (Å²) in [5, 5.41) is 55.9. The average molecular weight is 347 g/mol. The number of ether oxygens (including phenoxy) is 1. The van der Waals surface area contributed by atoms with Gasteiger partial charge in [0.15, 0.2) is 6.10 Å². The van der Waals surface area contributed by atoms with Gasteiger partial charge in [-0.15, -0.1) is 0 Å². The fraction of sp³-hybridized carbons (Fsp3) is 0.727. The largest absolute Gasteiger partial charge is 1.00 e. The zero-order valence-electron chi connectivity index (χ0n) is 12.4. The number of rotatable bonds is 9. The summed E-state index contributed by atoms with van der Waals surface area (Å²) in [6.45, 7) is -0.944. The van der Waals surface area contributed by atoms with Crippen LogP contribution in [0.1, 0.15) is 12.8 Å². The van der Waals surface area contributed by atoms with Crippen LogP contribution in [0.25, 0.3) is 0 Å². The Labute approximate surface area is 153 Å². The van der Waals surface area contributed by atoms with E-state index in [1.807, 2.05) is 0 Å². The Morgan fingerprint density at radius 2 is 1.61 bits per heavy atom. The topological polar surface area (TPSA) is 211 Å². The molecule has 0 saturated carbocycles. The van der Waals surface area contributed by atoms with E-state index in [4.69, 9.17) is 15.9 Å². The normalized spacial score (nSPS) is 17.1. The molecule has 0 rings (SSSR count). The molecule has 0 aliphatic carbocycles. The third kappa shape index (κ3) is 8.69. The van der Waals surface area contributed by atoms with Crippen LogP contribution >= 0.6 is 0 Å². The Balaban J connectivity index is 0. The van der Waals surface area contributed by atoms with Gasteiger partial charge in [-0.05, 0) is 6.42 Å². The fourth-order valence-corrected chi connectivity index (χ4v) is 1.28. The van der Waals surface area contributed by atoms with Gasteiger partial charge in [0, 0.05) is 12.5 Å². The SMILES string of the molecule is N[C@@H](CCC(=O)OC(=O)[C@H](O)[C@@H](O)[C@H](O)[C@H](O)CO)C(=O)[O-].[Na+]. The smallest absolute Gasteiger partial charge is 0.548 e. The summed E-state index contributed by atoms with van der Waals surface area (Å²) in [7, 11) is 0. The number of carbonyl (C=O) groups is 3. The molecule has 0 fully saturated rings. The van der Waals surface area contributed by atoms with Crippen molar-refractivity contribution in [3.63, 3.8) is 0 Å². The van der Waals surface area contributed by atoms with Gasteiger partial charge in [0.05, 0.1) is 12.6 Å². The zero-order valence-corrected chi connectivity index (χ0v) is 14.4. The standard InChI is InChI=1S/C11H19NO10.Na/c12-4(10(19)20)1-2-6(15)22-11(21)9(18)8(17)7(16)5(14)3-13;/h4-5,7-9,13-14,16-18H,1-3,12H2,(H,19,20);/q;+1/p-1/t4-,5+,7+,8-,9+;/m0./s1. The van der Waals surface area contributed by atoms with Crippen LogP contribution in [-0.2, 0) is 19.1 Å². The number of nitrogens with two attached hydrogens (primary N) is 1. The number of carbonyl (C=O) groups excluding carboxylic acids is 3. The number of aliphatic hydroxyl groups excluding tert-OH is 5. The Kier molecular flexibility index (Phi) is 12.7. The van der Waals surface area contributed by atoms with Crippen LogP contribution in [-0.4, -0.2) is 80.5 Å². The van der Waals surface area contributed by atoms with E-state index in [1.165, 1.54) is 0 Å². The second-order valence-corrected chi connectivity index (χ2v) is 4.43. The zero-order chi connectivity index (χ0) is 17.4. The molecule has 0 aromatic rings. The first-order chi connectivity index (χ1) is 10.1. The van der Waals surface area contributed by atoms with E-state index in [1.54, 1.807) is 0 Å². The predicted molar refractivity (Wildman–Crippen MR) is 64.4 cm³/mol. The van der Waals surface area contributed by atoms with Crippen LogP contribution in [0, 0.1) is 0 Å². The van der Waals surface area contributed by atoms with Crippen LogP contribution in [0.4, 0.5) is 0 Å². The number of carboxylic acid groups (broad SMARTS) is 1. The Hall–Kier alpha value is -0.630. The van der Waals surface area contributed by atoms with Crippen LogP contribution in [0.5, 0.6) is 0 Å². The van der Waals surface area contributed by atoms with Gasteiger partial charge < -0.3 is 45.9 Å². The third-order valence-corrected chi connectivity index (χ3v) is 2.67. The maximum absolute atomic E-state index is 11.3. The van der Waals surface area contributed by atoms with Gasteiger partial charge in [-0.3, -0.25) is 4.79 Å². The van der Waals surface area contributed by atoms with Gasteiger partial charge in [-0.25, -0.2) is 4.79 Å². The summed E-state index contributed by atoms with van der Waals surface area (Å²) >= 11 is 0. The fourth-order valence-electron chi connectivity index (χ4n) is 1.28. The Morgan fingerprint density at radius 3 is 2.04 bits per heavy atom. The molecule has 0 amide bonds. The number of esters is 2. The molecule has 0 aromatic carbocycles. The van der Waals surface area contributed by atoms with Crippen molar-refractivity contribution in [2.45, 2.75) is 43.3 Å². The van der Waals surface area contributed by atoms with Crippen LogP contribution in [0.3, 0.4) is 0 Å². The van der Waals surface area contributed by atoms with E-state index in [0.717, 1.165) is 0 Å². The number of hydrogen-bond acceptors (Lipinski definition) is 11. The van der Waals surface area contributed by atoms with Gasteiger partial charge in [-0.2, -0.15) is 0 Å². The molecule has 0 unspecified atom stereocenters. The maximum atomic E-state index is 11.3. The molecule has 0 spiro atoms. The van der Waals surface area contributed by atoms with E-state index in [2.05, 4.69) is 4.74 Å². The average Bonchev–Trinajstić information content (AvgIpc) is 2.48. The summed E-state index contributed by atoms with van der Waals surface area (Å²) < 4.78 is 4.12. The van der Waals surface area contributed by atoms with Crippen LogP contribution in [0.2, 0.25) is 0 Å². The van der Waals surface area contributed by atoms with Gasteiger partial charge in [0.25, 0.3) is 0 Å². The summed E-state index contributed by atoms with van der Waals surface area (Å²) in [5.74, 6) is -4.44. The summed E-state index contributed by atoms with van der Waals surface area (Å²) in [6.07, 6.45) is -9.41. The molecule has 12 heteroatoms. The molecule has 0 saturated heterocycles. The Morgan fingerprint density at radius 1 is 1.09 bits per heavy atom. The molecule has 0 aliphatic heterocycles. The minimum atomic E-state index is -2.37. The number of aliphatic hydroxyl groups is 5. The molecule has 5 atom stereocenters. The van der Waals surface area contributed by atoms with Crippen LogP contribution in [0.15, 0.2) is 0 Å². The van der Waals surface area contributed by atoms with Crippen molar-refractivity contribution in [1.82, 2.24) is 0 Å². The second kappa shape index (κ2) is 11.8. The first-order valence-electron chi connectivity index (χ1n) is 6.15.